The molecule has 0 saturated carbocycles. The average Bonchev–Trinajstić information content (AvgIpc) is 2.68. The van der Waals surface area contributed by atoms with Crippen LogP contribution in [-0.2, 0) is 17.7 Å². The van der Waals surface area contributed by atoms with E-state index in [0.717, 1.165) is 36.7 Å². The monoisotopic (exact) mass is 485 g/mol. The van der Waals surface area contributed by atoms with Gasteiger partial charge in [0.1, 0.15) is 6.61 Å². The second-order valence-electron chi connectivity index (χ2n) is 5.50. The molecule has 0 bridgehead atoms. The van der Waals surface area contributed by atoms with Crippen molar-refractivity contribution in [2.75, 3.05) is 33.4 Å². The molecule has 0 aliphatic heterocycles. The van der Waals surface area contributed by atoms with Gasteiger partial charge in [-0.15, -0.1) is 24.0 Å². The van der Waals surface area contributed by atoms with E-state index in [1.807, 2.05) is 43.5 Å². The summed E-state index contributed by atoms with van der Waals surface area (Å²) in [5, 5.41) is 6.58. The lowest BCUT2D eigenvalue weighted by Crippen LogP contribution is -2.38. The van der Waals surface area contributed by atoms with Crippen LogP contribution in [0.5, 0.6) is 5.88 Å². The Kier molecular flexibility index (Phi) is 12.1. The van der Waals surface area contributed by atoms with E-state index >= 15 is 0 Å². The van der Waals surface area contributed by atoms with E-state index in [9.17, 15) is 0 Å². The zero-order chi connectivity index (χ0) is 18.5. The minimum Gasteiger partial charge on any atom is -0.475 e. The molecule has 27 heavy (non-hydrogen) atoms. The minimum atomic E-state index is 0. The highest BCUT2D eigenvalue weighted by atomic mass is 127. The first-order valence-electron chi connectivity index (χ1n) is 8.81. The predicted octanol–water partition coefficient (Wildman–Crippen LogP) is 2.42. The van der Waals surface area contributed by atoms with Crippen molar-refractivity contribution >= 4 is 29.9 Å². The summed E-state index contributed by atoms with van der Waals surface area (Å²) in [6.45, 7) is 5.06. The third kappa shape index (κ3) is 9.00. The van der Waals surface area contributed by atoms with E-state index in [4.69, 9.17) is 9.47 Å². The maximum atomic E-state index is 5.65. The van der Waals surface area contributed by atoms with E-state index in [1.54, 1.807) is 13.3 Å². The minimum absolute atomic E-state index is 0. The first-order chi connectivity index (χ1) is 12.8. The molecule has 8 heteroatoms. The molecule has 0 unspecified atom stereocenters. The van der Waals surface area contributed by atoms with Gasteiger partial charge < -0.3 is 20.1 Å². The summed E-state index contributed by atoms with van der Waals surface area (Å²) in [4.78, 5) is 13.2. The van der Waals surface area contributed by atoms with Crippen molar-refractivity contribution in [3.8, 4) is 5.88 Å². The molecule has 7 nitrogen and oxygen atoms in total. The molecular weight excluding hydrogens is 457 g/mol. The summed E-state index contributed by atoms with van der Waals surface area (Å²) in [5.41, 5.74) is 1.99. The summed E-state index contributed by atoms with van der Waals surface area (Å²) in [5.74, 6) is 1.35. The lowest BCUT2D eigenvalue weighted by molar-refractivity contribution is 0.143. The molecular formula is C19H28IN5O2. The number of aliphatic imine (C=N–C) groups is 1. The molecule has 0 spiro atoms. The number of hydrogen-bond donors (Lipinski definition) is 2. The quantitative estimate of drug-likeness (QED) is 0.233. The molecule has 2 aromatic heterocycles. The fourth-order valence-corrected chi connectivity index (χ4v) is 2.26. The van der Waals surface area contributed by atoms with Crippen LogP contribution in [0.25, 0.3) is 0 Å². The first kappa shape index (κ1) is 23.1. The zero-order valence-electron chi connectivity index (χ0n) is 15.9. The van der Waals surface area contributed by atoms with Crippen LogP contribution in [0.1, 0.15) is 18.2 Å². The SMILES string of the molecule is CCNC(=NCc1cccnc1OCCOC)NCCc1ccccn1.I. The Labute approximate surface area is 178 Å². The van der Waals surface area contributed by atoms with Crippen LogP contribution >= 0.6 is 24.0 Å². The zero-order valence-corrected chi connectivity index (χ0v) is 18.2. The van der Waals surface area contributed by atoms with Crippen LogP contribution in [0.15, 0.2) is 47.7 Å². The van der Waals surface area contributed by atoms with E-state index in [1.165, 1.54) is 0 Å². The van der Waals surface area contributed by atoms with Gasteiger partial charge in [0.15, 0.2) is 5.96 Å². The number of nitrogens with zero attached hydrogens (tertiary/aromatic N) is 3. The van der Waals surface area contributed by atoms with Gasteiger partial charge in [0, 0.05) is 50.3 Å². The van der Waals surface area contributed by atoms with Gasteiger partial charge in [-0.1, -0.05) is 12.1 Å². The molecule has 2 N–H and O–H groups in total. The molecule has 2 aromatic rings. The highest BCUT2D eigenvalue weighted by molar-refractivity contribution is 14.0. The Balaban J connectivity index is 0.00000364. The van der Waals surface area contributed by atoms with Crippen molar-refractivity contribution in [1.82, 2.24) is 20.6 Å². The van der Waals surface area contributed by atoms with Gasteiger partial charge in [-0.05, 0) is 25.1 Å². The molecule has 0 saturated heterocycles. The Hall–Kier alpha value is -1.94. The number of ether oxygens (including phenoxy) is 2. The number of rotatable bonds is 10. The summed E-state index contributed by atoms with van der Waals surface area (Å²) in [6, 6.07) is 9.79. The van der Waals surface area contributed by atoms with Crippen molar-refractivity contribution in [3.63, 3.8) is 0 Å². The van der Waals surface area contributed by atoms with E-state index < -0.39 is 0 Å². The molecule has 0 radical (unpaired) electrons. The number of nitrogens with one attached hydrogen (secondary N) is 2. The highest BCUT2D eigenvalue weighted by Crippen LogP contribution is 2.15. The Morgan fingerprint density at radius 3 is 2.67 bits per heavy atom. The maximum Gasteiger partial charge on any atom is 0.218 e. The van der Waals surface area contributed by atoms with Crippen LogP contribution in [0.2, 0.25) is 0 Å². The molecule has 148 valence electrons. The summed E-state index contributed by atoms with van der Waals surface area (Å²) in [6.07, 6.45) is 4.36. The van der Waals surface area contributed by atoms with Crippen LogP contribution in [0, 0.1) is 0 Å². The third-order valence-electron chi connectivity index (χ3n) is 3.53. The largest absolute Gasteiger partial charge is 0.475 e. The fraction of sp³-hybridized carbons (Fsp3) is 0.421. The topological polar surface area (TPSA) is 80.7 Å². The van der Waals surface area contributed by atoms with Crippen molar-refractivity contribution in [2.45, 2.75) is 19.9 Å². The smallest absolute Gasteiger partial charge is 0.218 e. The number of hydrogen-bond acceptors (Lipinski definition) is 5. The first-order valence-corrected chi connectivity index (χ1v) is 8.81. The van der Waals surface area contributed by atoms with Gasteiger partial charge in [0.25, 0.3) is 0 Å². The summed E-state index contributed by atoms with van der Waals surface area (Å²) < 4.78 is 10.7. The number of methoxy groups -OCH3 is 1. The van der Waals surface area contributed by atoms with Gasteiger partial charge in [0.05, 0.1) is 13.2 Å². The van der Waals surface area contributed by atoms with Gasteiger partial charge in [-0.2, -0.15) is 0 Å². The molecule has 0 fully saturated rings. The number of aromatic nitrogens is 2. The lowest BCUT2D eigenvalue weighted by atomic mass is 10.2. The van der Waals surface area contributed by atoms with Gasteiger partial charge >= 0.3 is 0 Å². The van der Waals surface area contributed by atoms with Crippen molar-refractivity contribution < 1.29 is 9.47 Å². The normalized spacial score (nSPS) is 10.8. The van der Waals surface area contributed by atoms with Crippen LogP contribution < -0.4 is 15.4 Å². The van der Waals surface area contributed by atoms with Gasteiger partial charge in [0.2, 0.25) is 5.88 Å². The van der Waals surface area contributed by atoms with Crippen molar-refractivity contribution in [3.05, 3.63) is 54.0 Å². The van der Waals surface area contributed by atoms with Crippen molar-refractivity contribution in [2.24, 2.45) is 4.99 Å². The summed E-state index contributed by atoms with van der Waals surface area (Å²) >= 11 is 0. The van der Waals surface area contributed by atoms with E-state index in [-0.39, 0.29) is 24.0 Å². The van der Waals surface area contributed by atoms with E-state index in [2.05, 4.69) is 25.6 Å². The fourth-order valence-electron chi connectivity index (χ4n) is 2.26. The Morgan fingerprint density at radius 2 is 1.93 bits per heavy atom. The standard InChI is InChI=1S/C19H27N5O2.HI/c1-3-20-19(23-12-9-17-8-4-5-10-21-17)24-15-16-7-6-11-22-18(16)26-14-13-25-2;/h4-8,10-11H,3,9,12-15H2,1-2H3,(H2,20,23,24);1H. The molecule has 0 aliphatic rings. The predicted molar refractivity (Wildman–Crippen MR) is 118 cm³/mol. The molecule has 2 rings (SSSR count). The number of halogens is 1. The molecule has 0 aromatic carbocycles. The molecule has 2 heterocycles. The highest BCUT2D eigenvalue weighted by Gasteiger charge is 2.05. The Bertz CT molecular complexity index is 670. The molecule has 0 amide bonds. The number of pyridine rings is 2. The van der Waals surface area contributed by atoms with Crippen LogP contribution in [0.3, 0.4) is 0 Å². The third-order valence-corrected chi connectivity index (χ3v) is 3.53. The van der Waals surface area contributed by atoms with E-state index in [0.29, 0.717) is 25.6 Å². The molecule has 0 atom stereocenters. The number of guanidine groups is 1. The van der Waals surface area contributed by atoms with Crippen molar-refractivity contribution in [1.29, 1.82) is 0 Å². The Morgan fingerprint density at radius 1 is 1.07 bits per heavy atom. The second-order valence-corrected chi connectivity index (χ2v) is 5.50. The molecule has 0 aliphatic carbocycles. The maximum absolute atomic E-state index is 5.65. The lowest BCUT2D eigenvalue weighted by Gasteiger charge is -2.12. The van der Waals surface area contributed by atoms with Crippen LogP contribution in [-0.4, -0.2) is 49.3 Å². The summed E-state index contributed by atoms with van der Waals surface area (Å²) in [7, 11) is 1.65. The van der Waals surface area contributed by atoms with Crippen LogP contribution in [0.4, 0.5) is 0 Å². The second kappa shape index (κ2) is 14.2. The van der Waals surface area contributed by atoms with Gasteiger partial charge in [-0.3, -0.25) is 4.98 Å². The average molecular weight is 485 g/mol. The van der Waals surface area contributed by atoms with Gasteiger partial charge in [-0.25, -0.2) is 9.98 Å².